The van der Waals surface area contributed by atoms with Gasteiger partial charge in [-0.15, -0.1) is 0 Å². The van der Waals surface area contributed by atoms with Crippen molar-refractivity contribution in [3.63, 3.8) is 0 Å². The van der Waals surface area contributed by atoms with E-state index in [0.29, 0.717) is 29.9 Å². The number of para-hydroxylation sites is 1. The van der Waals surface area contributed by atoms with Gasteiger partial charge in [0, 0.05) is 13.1 Å². The molecular weight excluding hydrogens is 371 g/mol. The van der Waals surface area contributed by atoms with Gasteiger partial charge in [-0.1, -0.05) is 44.2 Å². The van der Waals surface area contributed by atoms with Crippen LogP contribution in [0.3, 0.4) is 0 Å². The van der Waals surface area contributed by atoms with E-state index in [2.05, 4.69) is 4.98 Å². The fourth-order valence-electron chi connectivity index (χ4n) is 3.42. The van der Waals surface area contributed by atoms with E-state index in [1.807, 2.05) is 44.2 Å². The number of aromatic nitrogens is 4. The highest BCUT2D eigenvalue weighted by molar-refractivity contribution is 5.72. The predicted molar refractivity (Wildman–Crippen MR) is 110 cm³/mol. The van der Waals surface area contributed by atoms with Gasteiger partial charge in [0.15, 0.2) is 11.2 Å². The van der Waals surface area contributed by atoms with Gasteiger partial charge in [0.2, 0.25) is 0 Å². The Balaban J connectivity index is 1.98. The average Bonchev–Trinajstić information content (AvgIpc) is 3.11. The van der Waals surface area contributed by atoms with Crippen LogP contribution < -0.4 is 11.2 Å². The van der Waals surface area contributed by atoms with Crippen molar-refractivity contribution in [1.82, 2.24) is 18.7 Å². The molecule has 148 valence electrons. The maximum absolute atomic E-state index is 13.2. The highest BCUT2D eigenvalue weighted by atomic mass is 19.1. The first kappa shape index (κ1) is 18.9. The summed E-state index contributed by atoms with van der Waals surface area (Å²) >= 11 is 0. The lowest BCUT2D eigenvalue weighted by molar-refractivity contribution is 0.489. The third kappa shape index (κ3) is 3.51. The Morgan fingerprint density at radius 1 is 1.00 bits per heavy atom. The standard InChI is InChI=1S/C22H21FN4O2/c1-15(2)12-26-21(28)19-20(27(22(26)29)18-6-4-3-5-7-18)24-14-25(19)13-16-8-10-17(23)11-9-16/h3-11,14-15H,12-13H2,1-2H3. The van der Waals surface area contributed by atoms with Gasteiger partial charge in [0.05, 0.1) is 12.0 Å². The first-order valence-electron chi connectivity index (χ1n) is 9.46. The second kappa shape index (κ2) is 7.50. The van der Waals surface area contributed by atoms with Crippen molar-refractivity contribution in [2.45, 2.75) is 26.9 Å². The summed E-state index contributed by atoms with van der Waals surface area (Å²) in [5.74, 6) is -0.197. The highest BCUT2D eigenvalue weighted by Crippen LogP contribution is 2.15. The van der Waals surface area contributed by atoms with Crippen molar-refractivity contribution < 1.29 is 4.39 Å². The van der Waals surface area contributed by atoms with Gasteiger partial charge in [-0.25, -0.2) is 18.7 Å². The fraction of sp³-hybridized carbons (Fsp3) is 0.227. The van der Waals surface area contributed by atoms with E-state index in [-0.39, 0.29) is 17.3 Å². The van der Waals surface area contributed by atoms with Gasteiger partial charge in [-0.05, 0) is 35.7 Å². The molecule has 0 saturated carbocycles. The minimum absolute atomic E-state index is 0.121. The zero-order valence-electron chi connectivity index (χ0n) is 16.2. The molecule has 0 N–H and O–H groups in total. The summed E-state index contributed by atoms with van der Waals surface area (Å²) in [6.45, 7) is 4.57. The molecule has 7 heteroatoms. The molecule has 0 unspecified atom stereocenters. The Kier molecular flexibility index (Phi) is 4.88. The van der Waals surface area contributed by atoms with Gasteiger partial charge in [0.1, 0.15) is 5.82 Å². The monoisotopic (exact) mass is 392 g/mol. The van der Waals surface area contributed by atoms with Crippen LogP contribution in [0.4, 0.5) is 4.39 Å². The lowest BCUT2D eigenvalue weighted by Gasteiger charge is -2.14. The Bertz CT molecular complexity index is 1270. The van der Waals surface area contributed by atoms with Crippen LogP contribution in [0, 0.1) is 11.7 Å². The lowest BCUT2D eigenvalue weighted by atomic mass is 10.2. The molecule has 0 aliphatic heterocycles. The molecule has 0 atom stereocenters. The number of rotatable bonds is 5. The largest absolute Gasteiger partial charge is 0.337 e. The number of halogens is 1. The zero-order valence-corrected chi connectivity index (χ0v) is 16.2. The minimum atomic E-state index is -0.408. The topological polar surface area (TPSA) is 61.8 Å². The van der Waals surface area contributed by atoms with Crippen molar-refractivity contribution in [1.29, 1.82) is 0 Å². The van der Waals surface area contributed by atoms with Crippen LogP contribution in [-0.2, 0) is 13.1 Å². The number of nitrogens with zero attached hydrogens (tertiary/aromatic N) is 4. The van der Waals surface area contributed by atoms with E-state index in [9.17, 15) is 14.0 Å². The first-order valence-corrected chi connectivity index (χ1v) is 9.46. The molecule has 4 aromatic rings. The number of hydrogen-bond donors (Lipinski definition) is 0. The van der Waals surface area contributed by atoms with Crippen LogP contribution in [0.5, 0.6) is 0 Å². The van der Waals surface area contributed by atoms with E-state index >= 15 is 0 Å². The molecule has 4 rings (SSSR count). The van der Waals surface area contributed by atoms with Gasteiger partial charge < -0.3 is 4.57 Å². The van der Waals surface area contributed by atoms with Gasteiger partial charge in [-0.2, -0.15) is 0 Å². The van der Waals surface area contributed by atoms with Gasteiger partial charge >= 0.3 is 5.69 Å². The summed E-state index contributed by atoms with van der Waals surface area (Å²) in [5.41, 5.74) is 1.36. The molecule has 0 aliphatic carbocycles. The SMILES string of the molecule is CC(C)Cn1c(=O)c2c(ncn2Cc2ccc(F)cc2)n(-c2ccccc2)c1=O. The maximum atomic E-state index is 13.2. The molecule has 0 spiro atoms. The molecule has 0 aliphatic rings. The predicted octanol–water partition coefficient (Wildman–Crippen LogP) is 3.19. The van der Waals surface area contributed by atoms with E-state index in [0.717, 1.165) is 5.56 Å². The molecule has 0 fully saturated rings. The Morgan fingerprint density at radius 2 is 1.69 bits per heavy atom. The molecule has 0 saturated heterocycles. The second-order valence-corrected chi connectivity index (χ2v) is 7.43. The summed E-state index contributed by atoms with van der Waals surface area (Å²) in [5, 5.41) is 0. The van der Waals surface area contributed by atoms with Crippen LogP contribution in [0.15, 0.2) is 70.5 Å². The maximum Gasteiger partial charge on any atom is 0.337 e. The number of imidazole rings is 1. The van der Waals surface area contributed by atoms with Crippen LogP contribution in [-0.4, -0.2) is 18.7 Å². The van der Waals surface area contributed by atoms with Crippen molar-refractivity contribution in [3.8, 4) is 5.69 Å². The Hall–Kier alpha value is -3.48. The zero-order chi connectivity index (χ0) is 20.5. The van der Waals surface area contributed by atoms with Crippen molar-refractivity contribution in [2.75, 3.05) is 0 Å². The summed E-state index contributed by atoms with van der Waals surface area (Å²) < 4.78 is 17.7. The van der Waals surface area contributed by atoms with Crippen LogP contribution in [0.2, 0.25) is 0 Å². The van der Waals surface area contributed by atoms with Crippen LogP contribution in [0.1, 0.15) is 19.4 Å². The van der Waals surface area contributed by atoms with Crippen molar-refractivity contribution in [2.24, 2.45) is 5.92 Å². The summed E-state index contributed by atoms with van der Waals surface area (Å²) in [6.07, 6.45) is 1.55. The van der Waals surface area contributed by atoms with E-state index in [4.69, 9.17) is 0 Å². The normalized spacial score (nSPS) is 11.4. The van der Waals surface area contributed by atoms with E-state index in [1.54, 1.807) is 23.0 Å². The third-order valence-corrected chi connectivity index (χ3v) is 4.73. The summed E-state index contributed by atoms with van der Waals surface area (Å²) in [7, 11) is 0. The molecular formula is C22H21FN4O2. The van der Waals surface area contributed by atoms with Crippen LogP contribution >= 0.6 is 0 Å². The molecule has 6 nitrogen and oxygen atoms in total. The minimum Gasteiger partial charge on any atom is -0.320 e. The van der Waals surface area contributed by atoms with E-state index in [1.165, 1.54) is 21.3 Å². The first-order chi connectivity index (χ1) is 14.0. The molecule has 2 aromatic carbocycles. The number of benzene rings is 2. The Labute approximate surface area is 166 Å². The molecule has 0 amide bonds. The summed E-state index contributed by atoms with van der Waals surface area (Å²) in [4.78, 5) is 30.8. The smallest absolute Gasteiger partial charge is 0.320 e. The van der Waals surface area contributed by atoms with Gasteiger partial charge in [-0.3, -0.25) is 9.36 Å². The lowest BCUT2D eigenvalue weighted by Crippen LogP contribution is -2.41. The number of fused-ring (bicyclic) bond motifs is 1. The average molecular weight is 392 g/mol. The second-order valence-electron chi connectivity index (χ2n) is 7.43. The molecule has 2 aromatic heterocycles. The van der Waals surface area contributed by atoms with Crippen molar-refractivity contribution in [3.05, 3.63) is 93.1 Å². The Morgan fingerprint density at radius 3 is 2.34 bits per heavy atom. The highest BCUT2D eigenvalue weighted by Gasteiger charge is 2.19. The summed E-state index contributed by atoms with van der Waals surface area (Å²) in [6, 6.07) is 15.2. The quantitative estimate of drug-likeness (QED) is 0.524. The fourth-order valence-corrected chi connectivity index (χ4v) is 3.42. The molecule has 29 heavy (non-hydrogen) atoms. The van der Waals surface area contributed by atoms with E-state index < -0.39 is 5.69 Å². The van der Waals surface area contributed by atoms with Gasteiger partial charge in [0.25, 0.3) is 5.56 Å². The molecule has 0 radical (unpaired) electrons. The number of hydrogen-bond acceptors (Lipinski definition) is 3. The van der Waals surface area contributed by atoms with Crippen LogP contribution in [0.25, 0.3) is 16.9 Å². The molecule has 0 bridgehead atoms. The molecule has 2 heterocycles. The third-order valence-electron chi connectivity index (χ3n) is 4.73. The van der Waals surface area contributed by atoms with Crippen molar-refractivity contribution >= 4 is 11.2 Å².